The van der Waals surface area contributed by atoms with E-state index in [-0.39, 0.29) is 11.9 Å². The van der Waals surface area contributed by atoms with Gasteiger partial charge in [-0.15, -0.1) is 0 Å². The molecule has 0 aliphatic rings. The molecule has 0 fully saturated rings. The van der Waals surface area contributed by atoms with Crippen LogP contribution in [0, 0.1) is 26.3 Å². The summed E-state index contributed by atoms with van der Waals surface area (Å²) in [5, 5.41) is 5.36. The van der Waals surface area contributed by atoms with Crippen LogP contribution >= 0.6 is 0 Å². The SMILES string of the molecule is C#CN(C(=O)CNC(=O)OC(C)(C)C)C(C(=O)NC(C)CCC)c1cc(C)ccc1C. The van der Waals surface area contributed by atoms with Crippen LogP contribution in [0.4, 0.5) is 4.79 Å². The van der Waals surface area contributed by atoms with Crippen LogP contribution in [0.1, 0.15) is 70.2 Å². The molecule has 1 aromatic carbocycles. The average molecular weight is 430 g/mol. The van der Waals surface area contributed by atoms with Crippen molar-refractivity contribution in [1.29, 1.82) is 0 Å². The number of nitrogens with one attached hydrogen (secondary N) is 2. The molecule has 0 saturated heterocycles. The molecule has 0 spiro atoms. The van der Waals surface area contributed by atoms with Gasteiger partial charge in [0.2, 0.25) is 5.91 Å². The van der Waals surface area contributed by atoms with Crippen molar-refractivity contribution in [2.24, 2.45) is 0 Å². The molecule has 3 amide bonds. The summed E-state index contributed by atoms with van der Waals surface area (Å²) in [7, 11) is 0. The number of nitrogens with zero attached hydrogens (tertiary/aromatic N) is 1. The largest absolute Gasteiger partial charge is 0.444 e. The summed E-state index contributed by atoms with van der Waals surface area (Å²) in [4.78, 5) is 39.1. The fourth-order valence-corrected chi connectivity index (χ4v) is 3.12. The number of ether oxygens (including phenoxy) is 1. The predicted molar refractivity (Wildman–Crippen MR) is 121 cm³/mol. The Balaban J connectivity index is 3.18. The molecule has 0 bridgehead atoms. The van der Waals surface area contributed by atoms with Crippen molar-refractivity contribution in [2.75, 3.05) is 6.54 Å². The number of rotatable bonds is 8. The van der Waals surface area contributed by atoms with Crippen LogP contribution in [0.3, 0.4) is 0 Å². The molecular weight excluding hydrogens is 394 g/mol. The minimum Gasteiger partial charge on any atom is -0.444 e. The molecule has 7 heteroatoms. The van der Waals surface area contributed by atoms with Crippen molar-refractivity contribution in [2.45, 2.75) is 79.0 Å². The summed E-state index contributed by atoms with van der Waals surface area (Å²) in [6, 6.07) is 6.92. The maximum atomic E-state index is 13.2. The lowest BCUT2D eigenvalue weighted by Crippen LogP contribution is -2.47. The van der Waals surface area contributed by atoms with E-state index in [1.807, 2.05) is 45.9 Å². The zero-order valence-electron chi connectivity index (χ0n) is 19.7. The van der Waals surface area contributed by atoms with E-state index in [1.165, 1.54) is 0 Å². The Morgan fingerprint density at radius 3 is 2.42 bits per heavy atom. The Morgan fingerprint density at radius 1 is 1.23 bits per heavy atom. The Hall–Kier alpha value is -3.01. The molecule has 7 nitrogen and oxygen atoms in total. The van der Waals surface area contributed by atoms with Crippen LogP contribution < -0.4 is 10.6 Å². The summed E-state index contributed by atoms with van der Waals surface area (Å²) < 4.78 is 5.16. The molecule has 1 aromatic rings. The first-order valence-electron chi connectivity index (χ1n) is 10.5. The highest BCUT2D eigenvalue weighted by Crippen LogP contribution is 2.26. The average Bonchev–Trinajstić information content (AvgIpc) is 2.65. The Labute approximate surface area is 185 Å². The molecule has 2 atom stereocenters. The lowest BCUT2D eigenvalue weighted by Gasteiger charge is -2.29. The first-order chi connectivity index (χ1) is 14.4. The van der Waals surface area contributed by atoms with Crippen LogP contribution in [-0.2, 0) is 14.3 Å². The molecule has 0 aliphatic heterocycles. The standard InChI is InChI=1S/C24H35N3O4/c1-9-11-18(5)26-22(29)21(19-14-16(3)12-13-17(19)4)27(10-2)20(28)15-25-23(30)31-24(6,7)8/h2,12-14,18,21H,9,11,15H2,1,3-8H3,(H,25,30)(H,26,29). The van der Waals surface area contributed by atoms with Gasteiger partial charge in [-0.05, 0) is 59.1 Å². The summed E-state index contributed by atoms with van der Waals surface area (Å²) in [6.07, 6.45) is 6.64. The van der Waals surface area contributed by atoms with Gasteiger partial charge in [0.05, 0.1) is 0 Å². The van der Waals surface area contributed by atoms with Gasteiger partial charge < -0.3 is 15.4 Å². The van der Waals surface area contributed by atoms with Crippen LogP contribution in [0.2, 0.25) is 0 Å². The summed E-state index contributed by atoms with van der Waals surface area (Å²) in [5.41, 5.74) is 1.72. The van der Waals surface area contributed by atoms with Crippen LogP contribution in [0.5, 0.6) is 0 Å². The third-order valence-electron chi connectivity index (χ3n) is 4.54. The number of benzene rings is 1. The van der Waals surface area contributed by atoms with E-state index >= 15 is 0 Å². The van der Waals surface area contributed by atoms with E-state index in [4.69, 9.17) is 11.2 Å². The summed E-state index contributed by atoms with van der Waals surface area (Å²) in [6.45, 7) is 12.5. The first-order valence-corrected chi connectivity index (χ1v) is 10.5. The maximum absolute atomic E-state index is 13.2. The molecule has 0 radical (unpaired) electrons. The zero-order valence-corrected chi connectivity index (χ0v) is 19.7. The summed E-state index contributed by atoms with van der Waals surface area (Å²) in [5.74, 6) is -0.948. The molecular formula is C24H35N3O4. The van der Waals surface area contributed by atoms with E-state index < -0.39 is 30.2 Å². The fourth-order valence-electron chi connectivity index (χ4n) is 3.12. The van der Waals surface area contributed by atoms with E-state index in [0.717, 1.165) is 28.9 Å². The number of carbonyl (C=O) groups excluding carboxylic acids is 3. The van der Waals surface area contributed by atoms with Gasteiger partial charge in [0, 0.05) is 12.1 Å². The molecule has 1 rings (SSSR count). The maximum Gasteiger partial charge on any atom is 0.408 e. The van der Waals surface area contributed by atoms with E-state index in [1.54, 1.807) is 20.8 Å². The zero-order chi connectivity index (χ0) is 23.8. The normalized spacial score (nSPS) is 12.8. The number of hydrogen-bond acceptors (Lipinski definition) is 4. The lowest BCUT2D eigenvalue weighted by atomic mass is 9.96. The highest BCUT2D eigenvalue weighted by atomic mass is 16.6. The van der Waals surface area contributed by atoms with Gasteiger partial charge >= 0.3 is 6.09 Å². The van der Waals surface area contributed by atoms with Gasteiger partial charge in [-0.25, -0.2) is 4.79 Å². The third-order valence-corrected chi connectivity index (χ3v) is 4.54. The second-order valence-corrected chi connectivity index (χ2v) is 8.71. The molecule has 0 aromatic heterocycles. The first kappa shape index (κ1) is 26.0. The van der Waals surface area contributed by atoms with Gasteiger partial charge in [-0.2, -0.15) is 0 Å². The second-order valence-electron chi connectivity index (χ2n) is 8.71. The van der Waals surface area contributed by atoms with Crippen LogP contribution in [-0.4, -0.2) is 41.0 Å². The Morgan fingerprint density at radius 2 is 1.87 bits per heavy atom. The third kappa shape index (κ3) is 8.33. The van der Waals surface area contributed by atoms with Gasteiger partial charge in [0.15, 0.2) is 0 Å². The minimum atomic E-state index is -1.02. The number of aryl methyl sites for hydroxylation is 2. The Kier molecular flexibility index (Phi) is 9.57. The molecule has 0 heterocycles. The van der Waals surface area contributed by atoms with Crippen LogP contribution in [0.25, 0.3) is 0 Å². The van der Waals surface area contributed by atoms with Crippen molar-refractivity contribution in [3.8, 4) is 12.5 Å². The smallest absolute Gasteiger partial charge is 0.408 e. The van der Waals surface area contributed by atoms with Crippen molar-refractivity contribution < 1.29 is 19.1 Å². The molecule has 2 unspecified atom stereocenters. The number of amides is 3. The number of alkyl carbamates (subject to hydrolysis) is 1. The number of hydrogen-bond donors (Lipinski definition) is 2. The van der Waals surface area contributed by atoms with Crippen molar-refractivity contribution >= 4 is 17.9 Å². The minimum absolute atomic E-state index is 0.0697. The molecule has 0 saturated carbocycles. The van der Waals surface area contributed by atoms with Gasteiger partial charge in [-0.1, -0.05) is 43.5 Å². The quantitative estimate of drug-likeness (QED) is 0.488. The lowest BCUT2D eigenvalue weighted by molar-refractivity contribution is -0.136. The highest BCUT2D eigenvalue weighted by molar-refractivity contribution is 5.92. The van der Waals surface area contributed by atoms with Crippen LogP contribution in [0.15, 0.2) is 18.2 Å². The Bertz CT molecular complexity index is 836. The predicted octanol–water partition coefficient (Wildman–Crippen LogP) is 3.59. The molecule has 31 heavy (non-hydrogen) atoms. The van der Waals surface area contributed by atoms with E-state index in [0.29, 0.717) is 5.56 Å². The van der Waals surface area contributed by atoms with Crippen molar-refractivity contribution in [3.05, 3.63) is 34.9 Å². The van der Waals surface area contributed by atoms with Gasteiger partial charge in [0.25, 0.3) is 5.91 Å². The van der Waals surface area contributed by atoms with E-state index in [2.05, 4.69) is 16.7 Å². The van der Waals surface area contributed by atoms with Crippen molar-refractivity contribution in [3.63, 3.8) is 0 Å². The molecule has 2 N–H and O–H groups in total. The van der Waals surface area contributed by atoms with Crippen molar-refractivity contribution in [1.82, 2.24) is 15.5 Å². The topological polar surface area (TPSA) is 87.7 Å². The second kappa shape index (κ2) is 11.4. The summed E-state index contributed by atoms with van der Waals surface area (Å²) >= 11 is 0. The molecule has 170 valence electrons. The highest BCUT2D eigenvalue weighted by Gasteiger charge is 2.33. The van der Waals surface area contributed by atoms with E-state index in [9.17, 15) is 14.4 Å². The molecule has 0 aliphatic carbocycles. The van der Waals surface area contributed by atoms with Gasteiger partial charge in [0.1, 0.15) is 18.2 Å². The monoisotopic (exact) mass is 429 g/mol. The fraction of sp³-hybridized carbons (Fsp3) is 0.542. The van der Waals surface area contributed by atoms with Gasteiger partial charge in [-0.3, -0.25) is 14.5 Å². The number of terminal acetylenes is 1. The number of carbonyl (C=O) groups is 3.